The number of nitrogens with one attached hydrogen (secondary N) is 1. The number of methoxy groups -OCH3 is 1. The molecule has 0 saturated heterocycles. The number of nitrogens with two attached hydrogens (primary N) is 1. The highest BCUT2D eigenvalue weighted by molar-refractivity contribution is 5.82. The molecule has 0 unspecified atom stereocenters. The van der Waals surface area contributed by atoms with E-state index in [1.165, 1.54) is 5.56 Å². The number of carbonyl (C=O) groups is 1. The van der Waals surface area contributed by atoms with E-state index in [2.05, 4.69) is 10.2 Å². The van der Waals surface area contributed by atoms with E-state index >= 15 is 0 Å². The highest BCUT2D eigenvalue weighted by Crippen LogP contribution is 2.28. The molecule has 5 heteroatoms. The number of nitrogen functional groups attached to an aromatic ring is 1. The van der Waals surface area contributed by atoms with Gasteiger partial charge in [-0.1, -0.05) is 0 Å². The molecule has 1 amide bonds. The first kappa shape index (κ1) is 14.7. The Morgan fingerprint density at radius 1 is 1.50 bits per heavy atom. The molecule has 0 bridgehead atoms. The van der Waals surface area contributed by atoms with Gasteiger partial charge in [-0.25, -0.2) is 0 Å². The van der Waals surface area contributed by atoms with E-state index < -0.39 is 0 Å². The third-order valence-corrected chi connectivity index (χ3v) is 3.50. The van der Waals surface area contributed by atoms with Crippen molar-refractivity contribution >= 4 is 17.3 Å². The first-order chi connectivity index (χ1) is 9.70. The van der Waals surface area contributed by atoms with Gasteiger partial charge in [0.15, 0.2) is 0 Å². The molecule has 2 rings (SSSR count). The number of amides is 1. The summed E-state index contributed by atoms with van der Waals surface area (Å²) in [4.78, 5) is 14.1. The fourth-order valence-corrected chi connectivity index (χ4v) is 2.53. The lowest BCUT2D eigenvalue weighted by Gasteiger charge is -2.31. The van der Waals surface area contributed by atoms with Gasteiger partial charge in [0.2, 0.25) is 5.91 Å². The molecule has 0 radical (unpaired) electrons. The van der Waals surface area contributed by atoms with Crippen molar-refractivity contribution in [2.75, 3.05) is 44.0 Å². The molecule has 1 aromatic carbocycles. The van der Waals surface area contributed by atoms with Crippen molar-refractivity contribution in [1.82, 2.24) is 5.32 Å². The van der Waals surface area contributed by atoms with Crippen LogP contribution in [-0.2, 0) is 16.0 Å². The number of fused-ring (bicyclic) bond motifs is 1. The van der Waals surface area contributed by atoms with Gasteiger partial charge in [-0.2, -0.15) is 0 Å². The van der Waals surface area contributed by atoms with Crippen molar-refractivity contribution in [1.29, 1.82) is 0 Å². The molecule has 0 fully saturated rings. The Hall–Kier alpha value is -1.75. The van der Waals surface area contributed by atoms with E-state index in [-0.39, 0.29) is 5.91 Å². The van der Waals surface area contributed by atoms with Crippen molar-refractivity contribution in [3.63, 3.8) is 0 Å². The van der Waals surface area contributed by atoms with E-state index in [9.17, 15) is 4.79 Å². The van der Waals surface area contributed by atoms with Crippen molar-refractivity contribution in [2.24, 2.45) is 0 Å². The molecule has 110 valence electrons. The van der Waals surface area contributed by atoms with Crippen molar-refractivity contribution in [2.45, 2.75) is 19.3 Å². The zero-order chi connectivity index (χ0) is 14.4. The van der Waals surface area contributed by atoms with E-state index in [1.807, 2.05) is 18.2 Å². The first-order valence-electron chi connectivity index (χ1n) is 7.09. The van der Waals surface area contributed by atoms with E-state index in [0.29, 0.717) is 19.7 Å². The second kappa shape index (κ2) is 7.14. The number of rotatable bonds is 6. The summed E-state index contributed by atoms with van der Waals surface area (Å²) in [6, 6.07) is 5.92. The summed E-state index contributed by atoms with van der Waals surface area (Å²) in [7, 11) is 1.66. The number of ether oxygens (including phenoxy) is 1. The molecule has 1 aliphatic heterocycles. The molecule has 0 atom stereocenters. The highest BCUT2D eigenvalue weighted by atomic mass is 16.5. The Morgan fingerprint density at radius 2 is 2.35 bits per heavy atom. The SMILES string of the molecule is COCCCNC(=O)CN1CCCc2cc(N)ccc21. The average Bonchev–Trinajstić information content (AvgIpc) is 2.43. The average molecular weight is 277 g/mol. The predicted octanol–water partition coefficient (Wildman–Crippen LogP) is 1.17. The predicted molar refractivity (Wildman–Crippen MR) is 80.9 cm³/mol. The second-order valence-corrected chi connectivity index (χ2v) is 5.11. The number of aryl methyl sites for hydroxylation is 1. The number of anilines is 2. The quantitative estimate of drug-likeness (QED) is 0.605. The van der Waals surface area contributed by atoms with Crippen LogP contribution in [0.2, 0.25) is 0 Å². The van der Waals surface area contributed by atoms with Gasteiger partial charge in [0.25, 0.3) is 0 Å². The minimum absolute atomic E-state index is 0.0609. The Balaban J connectivity index is 1.89. The number of hydrogen-bond donors (Lipinski definition) is 2. The molecule has 1 aliphatic rings. The van der Waals surface area contributed by atoms with Gasteiger partial charge in [0, 0.05) is 38.2 Å². The van der Waals surface area contributed by atoms with Gasteiger partial charge in [-0.15, -0.1) is 0 Å². The summed E-state index contributed by atoms with van der Waals surface area (Å²) in [6.07, 6.45) is 2.94. The van der Waals surface area contributed by atoms with Gasteiger partial charge in [0.05, 0.1) is 6.54 Å². The molecule has 20 heavy (non-hydrogen) atoms. The fourth-order valence-electron chi connectivity index (χ4n) is 2.53. The largest absolute Gasteiger partial charge is 0.399 e. The first-order valence-corrected chi connectivity index (χ1v) is 7.09. The standard InChI is InChI=1S/C15H23N3O2/c1-20-9-3-7-17-15(19)11-18-8-2-4-12-10-13(16)5-6-14(12)18/h5-6,10H,2-4,7-9,11,16H2,1H3,(H,17,19). The second-order valence-electron chi connectivity index (χ2n) is 5.11. The van der Waals surface area contributed by atoms with Crippen molar-refractivity contribution in [3.05, 3.63) is 23.8 Å². The van der Waals surface area contributed by atoms with Gasteiger partial charge in [-0.05, 0) is 43.0 Å². The minimum atomic E-state index is 0.0609. The third kappa shape index (κ3) is 3.87. The van der Waals surface area contributed by atoms with Crippen LogP contribution in [0.4, 0.5) is 11.4 Å². The fraction of sp³-hybridized carbons (Fsp3) is 0.533. The summed E-state index contributed by atoms with van der Waals surface area (Å²) in [5, 5.41) is 2.92. The maximum Gasteiger partial charge on any atom is 0.239 e. The zero-order valence-electron chi connectivity index (χ0n) is 12.0. The lowest BCUT2D eigenvalue weighted by atomic mass is 10.0. The Kier molecular flexibility index (Phi) is 5.24. The smallest absolute Gasteiger partial charge is 0.239 e. The van der Waals surface area contributed by atoms with Crippen LogP contribution in [0.3, 0.4) is 0 Å². The van der Waals surface area contributed by atoms with E-state index in [0.717, 1.165) is 37.2 Å². The molecule has 5 nitrogen and oxygen atoms in total. The van der Waals surface area contributed by atoms with Crippen LogP contribution in [0, 0.1) is 0 Å². The normalized spacial score (nSPS) is 13.9. The van der Waals surface area contributed by atoms with Crippen LogP contribution in [0.25, 0.3) is 0 Å². The van der Waals surface area contributed by atoms with Crippen LogP contribution in [0.1, 0.15) is 18.4 Å². The summed E-state index contributed by atoms with van der Waals surface area (Å²) < 4.78 is 4.96. The summed E-state index contributed by atoms with van der Waals surface area (Å²) in [5.41, 5.74) is 8.98. The van der Waals surface area contributed by atoms with Gasteiger partial charge < -0.3 is 20.7 Å². The Labute approximate surface area is 120 Å². The third-order valence-electron chi connectivity index (χ3n) is 3.50. The van der Waals surface area contributed by atoms with Crippen LogP contribution in [0.5, 0.6) is 0 Å². The van der Waals surface area contributed by atoms with E-state index in [4.69, 9.17) is 10.5 Å². The summed E-state index contributed by atoms with van der Waals surface area (Å²) in [6.45, 7) is 2.66. The van der Waals surface area contributed by atoms with Crippen molar-refractivity contribution < 1.29 is 9.53 Å². The molecule has 1 heterocycles. The monoisotopic (exact) mass is 277 g/mol. The molecular formula is C15H23N3O2. The van der Waals surface area contributed by atoms with Crippen LogP contribution >= 0.6 is 0 Å². The van der Waals surface area contributed by atoms with Gasteiger partial charge >= 0.3 is 0 Å². The minimum Gasteiger partial charge on any atom is -0.399 e. The zero-order valence-corrected chi connectivity index (χ0v) is 12.0. The van der Waals surface area contributed by atoms with Gasteiger partial charge in [0.1, 0.15) is 0 Å². The molecule has 3 N–H and O–H groups in total. The lowest BCUT2D eigenvalue weighted by Crippen LogP contribution is -2.40. The highest BCUT2D eigenvalue weighted by Gasteiger charge is 2.18. The van der Waals surface area contributed by atoms with Crippen LogP contribution < -0.4 is 16.0 Å². The molecule has 1 aromatic rings. The molecule has 0 spiro atoms. The molecule has 0 aromatic heterocycles. The molecule has 0 saturated carbocycles. The number of hydrogen-bond acceptors (Lipinski definition) is 4. The Bertz CT molecular complexity index is 462. The summed E-state index contributed by atoms with van der Waals surface area (Å²) >= 11 is 0. The van der Waals surface area contributed by atoms with Crippen LogP contribution in [-0.4, -0.2) is 39.3 Å². The summed E-state index contributed by atoms with van der Waals surface area (Å²) in [5.74, 6) is 0.0609. The number of carbonyl (C=O) groups excluding carboxylic acids is 1. The molecule has 0 aliphatic carbocycles. The molecular weight excluding hydrogens is 254 g/mol. The number of nitrogens with zero attached hydrogens (tertiary/aromatic N) is 1. The lowest BCUT2D eigenvalue weighted by molar-refractivity contribution is -0.119. The topological polar surface area (TPSA) is 67.6 Å². The number of benzene rings is 1. The van der Waals surface area contributed by atoms with Crippen LogP contribution in [0.15, 0.2) is 18.2 Å². The Morgan fingerprint density at radius 3 is 3.15 bits per heavy atom. The van der Waals surface area contributed by atoms with Crippen molar-refractivity contribution in [3.8, 4) is 0 Å². The maximum absolute atomic E-state index is 11.9. The maximum atomic E-state index is 11.9. The van der Waals surface area contributed by atoms with Gasteiger partial charge in [-0.3, -0.25) is 4.79 Å². The van der Waals surface area contributed by atoms with E-state index in [1.54, 1.807) is 7.11 Å².